The molecular weight excluding hydrogens is 392 g/mol. The van der Waals surface area contributed by atoms with Crippen LogP contribution in [0.3, 0.4) is 0 Å². The van der Waals surface area contributed by atoms with Gasteiger partial charge in [-0.05, 0) is 50.2 Å². The third kappa shape index (κ3) is 7.89. The number of aliphatic hydroxyl groups excluding tert-OH is 2. The van der Waals surface area contributed by atoms with Crippen LogP contribution in [0.5, 0.6) is 0 Å². The van der Waals surface area contributed by atoms with Gasteiger partial charge in [0.05, 0.1) is 24.2 Å². The van der Waals surface area contributed by atoms with Crippen LogP contribution in [-0.2, 0) is 27.2 Å². The van der Waals surface area contributed by atoms with Gasteiger partial charge in [-0.15, -0.1) is 0 Å². The fourth-order valence-electron chi connectivity index (χ4n) is 4.38. The molecule has 0 radical (unpaired) electrons. The summed E-state index contributed by atoms with van der Waals surface area (Å²) in [6.07, 6.45) is 8.98. The number of aryl methyl sites for hydroxylation is 1. The minimum Gasteiger partial charge on any atom is -0.466 e. The Morgan fingerprint density at radius 1 is 1.23 bits per heavy atom. The molecule has 1 aromatic rings. The second kappa shape index (κ2) is 12.8. The van der Waals surface area contributed by atoms with E-state index in [2.05, 4.69) is 6.92 Å². The smallest absolute Gasteiger partial charge is 0.305 e. The maximum atomic E-state index is 12.9. The second-order valence-electron chi connectivity index (χ2n) is 8.67. The van der Waals surface area contributed by atoms with E-state index in [0.29, 0.717) is 38.7 Å². The largest absolute Gasteiger partial charge is 0.466 e. The molecule has 3 atom stereocenters. The number of aliphatic hydroxyl groups is 2. The first-order chi connectivity index (χ1) is 14.9. The molecule has 2 N–H and O–H groups in total. The van der Waals surface area contributed by atoms with Gasteiger partial charge in [-0.2, -0.15) is 0 Å². The summed E-state index contributed by atoms with van der Waals surface area (Å²) in [4.78, 5) is 24.6. The number of unbranched alkanes of at least 4 members (excludes halogenated alkanes) is 2. The molecule has 5 nitrogen and oxygen atoms in total. The summed E-state index contributed by atoms with van der Waals surface area (Å²) in [5.41, 5.74) is 1.37. The monoisotopic (exact) mass is 430 g/mol. The normalized spacial score (nSPS) is 22.2. The van der Waals surface area contributed by atoms with E-state index < -0.39 is 17.6 Å². The summed E-state index contributed by atoms with van der Waals surface area (Å²) in [5, 5.41) is 20.5. The topological polar surface area (TPSA) is 83.8 Å². The maximum Gasteiger partial charge on any atom is 0.305 e. The van der Waals surface area contributed by atoms with Crippen LogP contribution in [0.15, 0.2) is 36.4 Å². The predicted octanol–water partition coefficient (Wildman–Crippen LogP) is 4.32. The molecule has 0 aromatic heterocycles. The molecule has 0 saturated heterocycles. The van der Waals surface area contributed by atoms with Crippen LogP contribution in [0.4, 0.5) is 0 Å². The lowest BCUT2D eigenvalue weighted by Crippen LogP contribution is -2.27. The number of ketones is 1. The summed E-state index contributed by atoms with van der Waals surface area (Å²) in [7, 11) is 0. The van der Waals surface area contributed by atoms with Gasteiger partial charge in [0.25, 0.3) is 0 Å². The van der Waals surface area contributed by atoms with Gasteiger partial charge >= 0.3 is 5.97 Å². The summed E-state index contributed by atoms with van der Waals surface area (Å²) in [6.45, 7) is 4.31. The zero-order valence-corrected chi connectivity index (χ0v) is 19.0. The van der Waals surface area contributed by atoms with Crippen molar-refractivity contribution in [2.24, 2.45) is 5.41 Å². The number of hydrogen-bond donors (Lipinski definition) is 2. The summed E-state index contributed by atoms with van der Waals surface area (Å²) < 4.78 is 5.00. The molecule has 5 heteroatoms. The van der Waals surface area contributed by atoms with Crippen molar-refractivity contribution in [3.63, 3.8) is 0 Å². The Balaban J connectivity index is 2.13. The number of benzene rings is 1. The molecule has 1 saturated carbocycles. The molecule has 2 rings (SSSR count). The van der Waals surface area contributed by atoms with Crippen molar-refractivity contribution in [1.82, 2.24) is 0 Å². The van der Waals surface area contributed by atoms with Gasteiger partial charge in [-0.25, -0.2) is 0 Å². The molecule has 0 amide bonds. The van der Waals surface area contributed by atoms with E-state index in [9.17, 15) is 19.8 Å². The number of allylic oxidation sites excluding steroid dienone is 1. The SMILES string of the molecule is CCCCC[C@H](O)/C=C/[C@@]1(Cc2ccccc2CCCC(=O)OCC)C[C@@H](O)CC1=O. The number of Topliss-reactive ketones (excluding diaryl/α,β-unsaturated/α-hetero) is 1. The van der Waals surface area contributed by atoms with Gasteiger partial charge in [0.15, 0.2) is 0 Å². The summed E-state index contributed by atoms with van der Waals surface area (Å²) >= 11 is 0. The zero-order chi connectivity index (χ0) is 22.7. The van der Waals surface area contributed by atoms with Crippen LogP contribution in [0.2, 0.25) is 0 Å². The van der Waals surface area contributed by atoms with Gasteiger partial charge in [-0.1, -0.05) is 62.6 Å². The van der Waals surface area contributed by atoms with Crippen molar-refractivity contribution in [2.75, 3.05) is 6.61 Å². The average Bonchev–Trinajstić information content (AvgIpc) is 3.01. The van der Waals surface area contributed by atoms with E-state index in [4.69, 9.17) is 4.74 Å². The average molecular weight is 431 g/mol. The molecule has 172 valence electrons. The van der Waals surface area contributed by atoms with E-state index in [0.717, 1.165) is 36.8 Å². The Hall–Kier alpha value is -1.98. The molecule has 0 spiro atoms. The van der Waals surface area contributed by atoms with Crippen molar-refractivity contribution in [3.8, 4) is 0 Å². The third-order valence-electron chi connectivity index (χ3n) is 6.07. The number of ether oxygens (including phenoxy) is 1. The van der Waals surface area contributed by atoms with Crippen LogP contribution in [-0.4, -0.2) is 40.8 Å². The number of carbonyl (C=O) groups is 2. The highest BCUT2D eigenvalue weighted by Crippen LogP contribution is 2.40. The van der Waals surface area contributed by atoms with Crippen LogP contribution < -0.4 is 0 Å². The fraction of sp³-hybridized carbons (Fsp3) is 0.615. The van der Waals surface area contributed by atoms with Gasteiger partial charge in [0.2, 0.25) is 0 Å². The lowest BCUT2D eigenvalue weighted by atomic mass is 9.77. The van der Waals surface area contributed by atoms with Crippen LogP contribution >= 0.6 is 0 Å². The van der Waals surface area contributed by atoms with E-state index >= 15 is 0 Å². The van der Waals surface area contributed by atoms with Crippen molar-refractivity contribution < 1.29 is 24.5 Å². The molecule has 0 unspecified atom stereocenters. The number of rotatable bonds is 13. The maximum absolute atomic E-state index is 12.9. The first-order valence-electron chi connectivity index (χ1n) is 11.7. The molecule has 1 aromatic carbocycles. The molecule has 0 heterocycles. The van der Waals surface area contributed by atoms with E-state index in [-0.39, 0.29) is 18.2 Å². The Kier molecular flexibility index (Phi) is 10.4. The number of carbonyl (C=O) groups excluding carboxylic acids is 2. The van der Waals surface area contributed by atoms with E-state index in [1.165, 1.54) is 0 Å². The highest BCUT2D eigenvalue weighted by atomic mass is 16.5. The second-order valence-corrected chi connectivity index (χ2v) is 8.67. The van der Waals surface area contributed by atoms with Crippen LogP contribution in [0, 0.1) is 5.41 Å². The number of hydrogen-bond acceptors (Lipinski definition) is 5. The van der Waals surface area contributed by atoms with Gasteiger partial charge < -0.3 is 14.9 Å². The van der Waals surface area contributed by atoms with E-state index in [1.807, 2.05) is 30.3 Å². The molecule has 1 aliphatic rings. The van der Waals surface area contributed by atoms with Crippen molar-refractivity contribution in [2.45, 2.75) is 90.3 Å². The summed E-state index contributed by atoms with van der Waals surface area (Å²) in [6, 6.07) is 7.98. The Morgan fingerprint density at radius 2 is 1.97 bits per heavy atom. The molecule has 31 heavy (non-hydrogen) atoms. The van der Waals surface area contributed by atoms with Crippen molar-refractivity contribution >= 4 is 11.8 Å². The first kappa shape index (κ1) is 25.3. The molecule has 1 fully saturated rings. The van der Waals surface area contributed by atoms with Gasteiger partial charge in [-0.3, -0.25) is 9.59 Å². The Bertz CT molecular complexity index is 741. The van der Waals surface area contributed by atoms with Crippen LogP contribution in [0.1, 0.15) is 76.3 Å². The fourth-order valence-corrected chi connectivity index (χ4v) is 4.38. The Labute approximate surface area is 186 Å². The van der Waals surface area contributed by atoms with Gasteiger partial charge in [0.1, 0.15) is 5.78 Å². The van der Waals surface area contributed by atoms with Crippen molar-refractivity contribution in [1.29, 1.82) is 0 Å². The minimum atomic E-state index is -0.789. The van der Waals surface area contributed by atoms with Crippen LogP contribution in [0.25, 0.3) is 0 Å². The Morgan fingerprint density at radius 3 is 2.61 bits per heavy atom. The van der Waals surface area contributed by atoms with Gasteiger partial charge in [0, 0.05) is 12.8 Å². The third-order valence-corrected chi connectivity index (χ3v) is 6.07. The summed E-state index contributed by atoms with van der Waals surface area (Å²) in [5.74, 6) is -0.163. The lowest BCUT2D eigenvalue weighted by molar-refractivity contribution is -0.143. The molecule has 0 bridgehead atoms. The highest BCUT2D eigenvalue weighted by molar-refractivity contribution is 5.89. The van der Waals surface area contributed by atoms with E-state index in [1.54, 1.807) is 13.0 Å². The quantitative estimate of drug-likeness (QED) is 0.277. The lowest BCUT2D eigenvalue weighted by Gasteiger charge is -2.26. The zero-order valence-electron chi connectivity index (χ0n) is 19.0. The minimum absolute atomic E-state index is 0.0262. The molecule has 1 aliphatic carbocycles. The number of esters is 1. The molecular formula is C26H38O5. The molecule has 0 aliphatic heterocycles. The first-order valence-corrected chi connectivity index (χ1v) is 11.7. The standard InChI is InChI=1S/C26H38O5/c1-3-5-6-13-22(27)15-16-26(19-23(28)17-24(26)29)18-21-11-8-7-10-20(21)12-9-14-25(30)31-4-2/h7-8,10-11,15-16,22-23,27-28H,3-6,9,12-14,17-19H2,1-2H3/b16-15+/t22-,23-,26+/m0/s1. The highest BCUT2D eigenvalue weighted by Gasteiger charge is 2.44. The predicted molar refractivity (Wildman–Crippen MR) is 122 cm³/mol. The van der Waals surface area contributed by atoms with Crippen molar-refractivity contribution in [3.05, 3.63) is 47.5 Å².